The van der Waals surface area contributed by atoms with Crippen molar-refractivity contribution in [3.05, 3.63) is 51.0 Å². The first-order valence-electron chi connectivity index (χ1n) is 13.2. The van der Waals surface area contributed by atoms with Crippen molar-refractivity contribution in [2.45, 2.75) is 49.6 Å². The minimum atomic E-state index is -3.92. The van der Waals surface area contributed by atoms with Crippen LogP contribution < -0.4 is 14.8 Å². The zero-order valence-electron chi connectivity index (χ0n) is 22.8. The van der Waals surface area contributed by atoms with Crippen molar-refractivity contribution < 1.29 is 31.2 Å². The van der Waals surface area contributed by atoms with E-state index in [2.05, 4.69) is 14.8 Å². The number of piperidine rings is 1. The van der Waals surface area contributed by atoms with Gasteiger partial charge < -0.3 is 15.1 Å². The van der Waals surface area contributed by atoms with Gasteiger partial charge in [-0.05, 0) is 68.2 Å². The summed E-state index contributed by atoms with van der Waals surface area (Å²) in [6.07, 6.45) is 3.49. The third-order valence-electron chi connectivity index (χ3n) is 6.86. The molecule has 0 spiro atoms. The summed E-state index contributed by atoms with van der Waals surface area (Å²) in [5, 5.41) is 3.56. The van der Waals surface area contributed by atoms with Gasteiger partial charge in [0.15, 0.2) is 0 Å². The highest BCUT2D eigenvalue weighted by Gasteiger charge is 2.35. The molecule has 0 aliphatic carbocycles. The number of hydrogen-bond acceptors (Lipinski definition) is 8. The Morgan fingerprint density at radius 2 is 1.76 bits per heavy atom. The minimum absolute atomic E-state index is 0.000319. The molecule has 0 saturated carbocycles. The fraction of sp³-hybridized carbons (Fsp3) is 0.423. The molecular weight excluding hydrogens is 626 g/mol. The van der Waals surface area contributed by atoms with Crippen molar-refractivity contribution in [1.29, 1.82) is 0 Å². The van der Waals surface area contributed by atoms with E-state index in [4.69, 9.17) is 11.6 Å². The van der Waals surface area contributed by atoms with Crippen LogP contribution in [-0.4, -0.2) is 82.6 Å². The number of thiophene rings is 1. The molecule has 2 aliphatic rings. The Balaban J connectivity index is 1.32. The molecule has 3 N–H and O–H groups in total. The van der Waals surface area contributed by atoms with Gasteiger partial charge in [0.1, 0.15) is 6.04 Å². The highest BCUT2D eigenvalue weighted by molar-refractivity contribution is 7.92. The fourth-order valence-corrected chi connectivity index (χ4v) is 8.00. The average Bonchev–Trinajstić information content (AvgIpc) is 3.57. The number of hydrogen-bond donors (Lipinski definition) is 3. The Morgan fingerprint density at radius 3 is 2.43 bits per heavy atom. The topological polar surface area (TPSA) is 162 Å². The third kappa shape index (κ3) is 8.61. The third-order valence-corrected chi connectivity index (χ3v) is 10.6. The number of amides is 3. The largest absolute Gasteiger partial charge is 0.337 e. The summed E-state index contributed by atoms with van der Waals surface area (Å²) < 4.78 is 56.3. The predicted octanol–water partition coefficient (Wildman–Crippen LogP) is 2.21. The maximum atomic E-state index is 13.2. The Hall–Kier alpha value is -2.82. The number of carbonyl (C=O) groups is 3. The molecule has 0 bridgehead atoms. The number of nitrogens with one attached hydrogen (secondary N) is 3. The van der Waals surface area contributed by atoms with Crippen molar-refractivity contribution in [2.75, 3.05) is 31.5 Å². The van der Waals surface area contributed by atoms with Crippen LogP contribution in [0.1, 0.15) is 37.5 Å². The van der Waals surface area contributed by atoms with Gasteiger partial charge in [0, 0.05) is 48.6 Å². The molecular formula is C26H32ClN5O7S3. The first-order valence-corrected chi connectivity index (χ1v) is 17.5. The van der Waals surface area contributed by atoms with Gasteiger partial charge in [-0.2, -0.15) is 4.72 Å². The average molecular weight is 658 g/mol. The number of likely N-dealkylation sites (tertiary alicyclic amines) is 2. The second-order valence-corrected chi connectivity index (χ2v) is 15.1. The van der Waals surface area contributed by atoms with Crippen molar-refractivity contribution in [3.63, 3.8) is 0 Å². The molecule has 0 unspecified atom stereocenters. The zero-order valence-corrected chi connectivity index (χ0v) is 26.0. The van der Waals surface area contributed by atoms with Crippen LogP contribution in [0, 0.1) is 0 Å². The molecule has 1 aromatic heterocycles. The molecule has 3 amide bonds. The molecule has 2 aromatic rings. The summed E-state index contributed by atoms with van der Waals surface area (Å²) >= 11 is 7.10. The van der Waals surface area contributed by atoms with Crippen molar-refractivity contribution in [3.8, 4) is 0 Å². The number of benzene rings is 1. The van der Waals surface area contributed by atoms with Gasteiger partial charge in [-0.3, -0.25) is 14.4 Å². The van der Waals surface area contributed by atoms with Gasteiger partial charge in [-0.1, -0.05) is 11.6 Å². The molecule has 3 heterocycles. The van der Waals surface area contributed by atoms with Crippen LogP contribution in [0.3, 0.4) is 0 Å². The highest BCUT2D eigenvalue weighted by Crippen LogP contribution is 2.23. The molecule has 0 radical (unpaired) electrons. The molecule has 228 valence electrons. The maximum Gasteiger partial charge on any atom is 0.242 e. The van der Waals surface area contributed by atoms with Crippen molar-refractivity contribution >= 4 is 72.5 Å². The van der Waals surface area contributed by atoms with E-state index in [1.54, 1.807) is 17.0 Å². The van der Waals surface area contributed by atoms with Crippen LogP contribution in [0.4, 0.5) is 5.69 Å². The standard InChI is InChI=1S/C26H32ClN5O7S3/c1-18(33)29-19-6-9-22(10-7-19)42(38,39)28-16-20-4-2-14-32(20)25(34)17-31-13-3-5-23(26(31)35)30-41(36,37)15-12-21-8-11-24(27)40-21/h6-12,15,20,23,28,30H,2-5,13-14,16-17H2,1H3,(H,29,33)/t20-,23-/m0/s1. The molecule has 2 aliphatic heterocycles. The molecule has 1 aromatic carbocycles. The molecule has 2 fully saturated rings. The van der Waals surface area contributed by atoms with Crippen molar-refractivity contribution in [1.82, 2.24) is 19.2 Å². The lowest BCUT2D eigenvalue weighted by Crippen LogP contribution is -2.55. The normalized spacial score (nSPS) is 19.9. The Labute approximate surface area is 254 Å². The van der Waals surface area contributed by atoms with E-state index >= 15 is 0 Å². The smallest absolute Gasteiger partial charge is 0.242 e. The second-order valence-electron chi connectivity index (χ2n) is 10.0. The number of carbonyl (C=O) groups excluding carboxylic acids is 3. The first-order chi connectivity index (χ1) is 19.8. The molecule has 42 heavy (non-hydrogen) atoms. The Morgan fingerprint density at radius 1 is 1.05 bits per heavy atom. The Kier molecular flexibility index (Phi) is 10.4. The quantitative estimate of drug-likeness (QED) is 0.334. The summed E-state index contributed by atoms with van der Waals surface area (Å²) in [7, 11) is -7.79. The highest BCUT2D eigenvalue weighted by atomic mass is 35.5. The van der Waals surface area contributed by atoms with Crippen LogP contribution in [0.2, 0.25) is 4.34 Å². The Bertz CT molecular complexity index is 1560. The van der Waals surface area contributed by atoms with Gasteiger partial charge in [-0.25, -0.2) is 21.6 Å². The van der Waals surface area contributed by atoms with E-state index in [0.717, 1.165) is 5.41 Å². The van der Waals surface area contributed by atoms with Gasteiger partial charge in [0.05, 0.1) is 15.8 Å². The van der Waals surface area contributed by atoms with Crippen LogP contribution in [0.25, 0.3) is 6.08 Å². The summed E-state index contributed by atoms with van der Waals surface area (Å²) in [5.74, 6) is -1.08. The van der Waals surface area contributed by atoms with Gasteiger partial charge in [0.25, 0.3) is 0 Å². The molecule has 4 rings (SSSR count). The lowest BCUT2D eigenvalue weighted by molar-refractivity contribution is -0.143. The second kappa shape index (κ2) is 13.7. The lowest BCUT2D eigenvalue weighted by atomic mass is 10.1. The van der Waals surface area contributed by atoms with Crippen LogP contribution in [0.15, 0.2) is 46.7 Å². The van der Waals surface area contributed by atoms with E-state index in [1.807, 2.05) is 0 Å². The van der Waals surface area contributed by atoms with E-state index < -0.39 is 38.0 Å². The van der Waals surface area contributed by atoms with Gasteiger partial charge >= 0.3 is 0 Å². The molecule has 12 nitrogen and oxygen atoms in total. The summed E-state index contributed by atoms with van der Waals surface area (Å²) in [5.41, 5.74) is 0.469. The van der Waals surface area contributed by atoms with E-state index in [9.17, 15) is 31.2 Å². The van der Waals surface area contributed by atoms with E-state index in [-0.39, 0.29) is 29.8 Å². The summed E-state index contributed by atoms with van der Waals surface area (Å²) in [6.45, 7) is 1.86. The maximum absolute atomic E-state index is 13.2. The summed E-state index contributed by atoms with van der Waals surface area (Å²) in [4.78, 5) is 41.1. The van der Waals surface area contributed by atoms with Crippen LogP contribution >= 0.6 is 22.9 Å². The predicted molar refractivity (Wildman–Crippen MR) is 161 cm³/mol. The first kappa shape index (κ1) is 32.1. The molecule has 2 saturated heterocycles. The number of rotatable bonds is 11. The summed E-state index contributed by atoms with van der Waals surface area (Å²) in [6, 6.07) is 7.68. The van der Waals surface area contributed by atoms with E-state index in [1.165, 1.54) is 53.5 Å². The van der Waals surface area contributed by atoms with Crippen LogP contribution in [-0.2, 0) is 34.4 Å². The van der Waals surface area contributed by atoms with Gasteiger partial charge in [-0.15, -0.1) is 11.3 Å². The number of sulfonamides is 2. The van der Waals surface area contributed by atoms with Gasteiger partial charge in [0.2, 0.25) is 37.8 Å². The lowest BCUT2D eigenvalue weighted by Gasteiger charge is -2.34. The minimum Gasteiger partial charge on any atom is -0.337 e. The van der Waals surface area contributed by atoms with E-state index in [0.29, 0.717) is 53.7 Å². The zero-order chi connectivity index (χ0) is 30.5. The SMILES string of the molecule is CC(=O)Nc1ccc(S(=O)(=O)NC[C@@H]2CCCN2C(=O)CN2CCC[C@H](NS(=O)(=O)C=Cc3ccc(Cl)s3)C2=O)cc1. The van der Waals surface area contributed by atoms with Crippen molar-refractivity contribution in [2.24, 2.45) is 0 Å². The number of nitrogens with zero attached hydrogens (tertiary/aromatic N) is 2. The number of halogens is 1. The molecule has 2 atom stereocenters. The molecule has 16 heteroatoms. The van der Waals surface area contributed by atoms with Crippen LogP contribution in [0.5, 0.6) is 0 Å². The fourth-order valence-electron chi connectivity index (χ4n) is 4.86. The monoisotopic (exact) mass is 657 g/mol. The number of anilines is 1.